The molecule has 0 spiro atoms. The molecule has 0 saturated heterocycles. The molecule has 0 aliphatic rings. The summed E-state index contributed by atoms with van der Waals surface area (Å²) >= 11 is 0. The zero-order valence-electron chi connectivity index (χ0n) is 11.0. The van der Waals surface area contributed by atoms with Crippen molar-refractivity contribution >= 4 is 5.91 Å². The van der Waals surface area contributed by atoms with Crippen molar-refractivity contribution in [3.8, 4) is 11.8 Å². The van der Waals surface area contributed by atoms with Gasteiger partial charge in [-0.15, -0.1) is 0 Å². The van der Waals surface area contributed by atoms with Gasteiger partial charge in [0.2, 0.25) is 0 Å². The predicted molar refractivity (Wildman–Crippen MR) is 74.1 cm³/mol. The summed E-state index contributed by atoms with van der Waals surface area (Å²) in [7, 11) is 0. The second-order valence-electron chi connectivity index (χ2n) is 4.17. The van der Waals surface area contributed by atoms with Crippen LogP contribution in [0.4, 0.5) is 0 Å². The Morgan fingerprint density at radius 2 is 2.00 bits per heavy atom. The van der Waals surface area contributed by atoms with Gasteiger partial charge in [0, 0.05) is 25.5 Å². The van der Waals surface area contributed by atoms with E-state index in [1.807, 2.05) is 35.2 Å². The molecule has 5 heteroatoms. The molecule has 102 valence electrons. The van der Waals surface area contributed by atoms with Crippen molar-refractivity contribution in [2.24, 2.45) is 0 Å². The van der Waals surface area contributed by atoms with Crippen LogP contribution in [0.15, 0.2) is 48.8 Å². The standard InChI is InChI=1S/C15H15N3O2/c16-11-13-5-1-2-6-14(13)20-12-15(19)17-7-10-18-8-3-4-9-18/h1-6,8-9H,7,10,12H2,(H,17,19). The van der Waals surface area contributed by atoms with Crippen molar-refractivity contribution in [2.75, 3.05) is 13.2 Å². The van der Waals surface area contributed by atoms with Gasteiger partial charge in [0.15, 0.2) is 6.61 Å². The van der Waals surface area contributed by atoms with E-state index in [2.05, 4.69) is 5.32 Å². The largest absolute Gasteiger partial charge is 0.482 e. The molecule has 2 rings (SSSR count). The number of ether oxygens (including phenoxy) is 1. The molecule has 5 nitrogen and oxygen atoms in total. The van der Waals surface area contributed by atoms with E-state index in [1.165, 1.54) is 0 Å². The summed E-state index contributed by atoms with van der Waals surface area (Å²) in [6.45, 7) is 1.16. The maximum atomic E-state index is 11.6. The van der Waals surface area contributed by atoms with Crippen LogP contribution in [0.1, 0.15) is 5.56 Å². The first-order valence-corrected chi connectivity index (χ1v) is 6.29. The summed E-state index contributed by atoms with van der Waals surface area (Å²) in [6.07, 6.45) is 3.87. The summed E-state index contributed by atoms with van der Waals surface area (Å²) in [4.78, 5) is 11.6. The second-order valence-corrected chi connectivity index (χ2v) is 4.17. The summed E-state index contributed by atoms with van der Waals surface area (Å²) in [5, 5.41) is 11.7. The summed E-state index contributed by atoms with van der Waals surface area (Å²) in [5.74, 6) is 0.223. The highest BCUT2D eigenvalue weighted by molar-refractivity contribution is 5.77. The number of nitrogens with zero attached hydrogens (tertiary/aromatic N) is 2. The lowest BCUT2D eigenvalue weighted by Crippen LogP contribution is -2.31. The SMILES string of the molecule is N#Cc1ccccc1OCC(=O)NCCn1cccc1. The minimum atomic E-state index is -0.204. The Balaban J connectivity index is 1.74. The Bertz CT molecular complexity index is 600. The zero-order valence-corrected chi connectivity index (χ0v) is 11.0. The van der Waals surface area contributed by atoms with Crippen molar-refractivity contribution in [2.45, 2.75) is 6.54 Å². The van der Waals surface area contributed by atoms with Gasteiger partial charge in [0.25, 0.3) is 5.91 Å². The highest BCUT2D eigenvalue weighted by atomic mass is 16.5. The molecule has 0 fully saturated rings. The Kier molecular flexibility index (Phi) is 4.79. The molecule has 0 radical (unpaired) electrons. The van der Waals surface area contributed by atoms with Gasteiger partial charge < -0.3 is 14.6 Å². The molecule has 0 aliphatic heterocycles. The monoisotopic (exact) mass is 269 g/mol. The molecule has 0 atom stereocenters. The molecule has 1 heterocycles. The fraction of sp³-hybridized carbons (Fsp3) is 0.200. The van der Waals surface area contributed by atoms with Crippen molar-refractivity contribution in [1.82, 2.24) is 9.88 Å². The first-order chi connectivity index (χ1) is 9.79. The van der Waals surface area contributed by atoms with E-state index in [4.69, 9.17) is 10.00 Å². The van der Waals surface area contributed by atoms with Crippen LogP contribution in [0, 0.1) is 11.3 Å². The van der Waals surface area contributed by atoms with Crippen LogP contribution >= 0.6 is 0 Å². The molecule has 1 N–H and O–H groups in total. The average Bonchev–Trinajstić information content (AvgIpc) is 2.98. The number of rotatable bonds is 6. The van der Waals surface area contributed by atoms with Gasteiger partial charge in [-0.25, -0.2) is 0 Å². The summed E-state index contributed by atoms with van der Waals surface area (Å²) in [5.41, 5.74) is 0.424. The minimum Gasteiger partial charge on any atom is -0.482 e. The van der Waals surface area contributed by atoms with E-state index < -0.39 is 0 Å². The van der Waals surface area contributed by atoms with Crippen LogP contribution in [-0.4, -0.2) is 23.6 Å². The number of nitrogens with one attached hydrogen (secondary N) is 1. The van der Waals surface area contributed by atoms with Crippen molar-refractivity contribution in [3.63, 3.8) is 0 Å². The summed E-state index contributed by atoms with van der Waals surface area (Å²) in [6, 6.07) is 12.7. The van der Waals surface area contributed by atoms with Crippen LogP contribution in [0.3, 0.4) is 0 Å². The first-order valence-electron chi connectivity index (χ1n) is 6.29. The van der Waals surface area contributed by atoms with Crippen LogP contribution in [0.25, 0.3) is 0 Å². The molecular formula is C15H15N3O2. The van der Waals surface area contributed by atoms with Gasteiger partial charge in [0.1, 0.15) is 11.8 Å². The number of amides is 1. The van der Waals surface area contributed by atoms with Crippen LogP contribution in [0.5, 0.6) is 5.75 Å². The van der Waals surface area contributed by atoms with Gasteiger partial charge in [-0.05, 0) is 24.3 Å². The molecule has 1 aromatic heterocycles. The van der Waals surface area contributed by atoms with E-state index in [1.54, 1.807) is 24.3 Å². The second kappa shape index (κ2) is 7.00. The van der Waals surface area contributed by atoms with Gasteiger partial charge in [-0.3, -0.25) is 4.79 Å². The number of hydrogen-bond donors (Lipinski definition) is 1. The van der Waals surface area contributed by atoms with Gasteiger partial charge >= 0.3 is 0 Å². The predicted octanol–water partition coefficient (Wildman–Crippen LogP) is 1.55. The molecule has 1 aromatic carbocycles. The van der Waals surface area contributed by atoms with E-state index in [0.29, 0.717) is 24.4 Å². The number of carbonyl (C=O) groups is 1. The third-order valence-electron chi connectivity index (χ3n) is 2.72. The minimum absolute atomic E-state index is 0.0929. The first kappa shape index (κ1) is 13.7. The van der Waals surface area contributed by atoms with E-state index in [-0.39, 0.29) is 12.5 Å². The Hall–Kier alpha value is -2.74. The van der Waals surface area contributed by atoms with Gasteiger partial charge in [-0.1, -0.05) is 12.1 Å². The fourth-order valence-corrected chi connectivity index (χ4v) is 1.72. The average molecular weight is 269 g/mol. The molecule has 0 bridgehead atoms. The van der Waals surface area contributed by atoms with Crippen LogP contribution in [0.2, 0.25) is 0 Å². The normalized spacial score (nSPS) is 9.75. The molecule has 0 saturated carbocycles. The van der Waals surface area contributed by atoms with E-state index >= 15 is 0 Å². The zero-order chi connectivity index (χ0) is 14.2. The molecular weight excluding hydrogens is 254 g/mol. The maximum absolute atomic E-state index is 11.6. The van der Waals surface area contributed by atoms with E-state index in [9.17, 15) is 4.79 Å². The lowest BCUT2D eigenvalue weighted by Gasteiger charge is -2.08. The lowest BCUT2D eigenvalue weighted by molar-refractivity contribution is -0.123. The molecule has 2 aromatic rings. The smallest absolute Gasteiger partial charge is 0.258 e. The number of aromatic nitrogens is 1. The molecule has 1 amide bonds. The van der Waals surface area contributed by atoms with Gasteiger partial charge in [-0.2, -0.15) is 5.26 Å². The Labute approximate surface area is 117 Å². The number of carbonyl (C=O) groups excluding carboxylic acids is 1. The molecule has 0 aliphatic carbocycles. The lowest BCUT2D eigenvalue weighted by atomic mass is 10.2. The maximum Gasteiger partial charge on any atom is 0.258 e. The van der Waals surface area contributed by atoms with Crippen LogP contribution in [-0.2, 0) is 11.3 Å². The Morgan fingerprint density at radius 1 is 1.25 bits per heavy atom. The van der Waals surface area contributed by atoms with Crippen LogP contribution < -0.4 is 10.1 Å². The third-order valence-corrected chi connectivity index (χ3v) is 2.72. The molecule has 20 heavy (non-hydrogen) atoms. The van der Waals surface area contributed by atoms with Gasteiger partial charge in [0.05, 0.1) is 5.56 Å². The topological polar surface area (TPSA) is 67.0 Å². The van der Waals surface area contributed by atoms with E-state index in [0.717, 1.165) is 0 Å². The number of nitriles is 1. The summed E-state index contributed by atoms with van der Waals surface area (Å²) < 4.78 is 7.31. The Morgan fingerprint density at radius 3 is 2.75 bits per heavy atom. The highest BCUT2D eigenvalue weighted by Gasteiger charge is 2.05. The number of para-hydroxylation sites is 1. The quantitative estimate of drug-likeness (QED) is 0.865. The van der Waals surface area contributed by atoms with Crippen molar-refractivity contribution < 1.29 is 9.53 Å². The van der Waals surface area contributed by atoms with Crippen molar-refractivity contribution in [1.29, 1.82) is 5.26 Å². The number of hydrogen-bond acceptors (Lipinski definition) is 3. The fourth-order valence-electron chi connectivity index (χ4n) is 1.72. The third kappa shape index (κ3) is 3.89. The highest BCUT2D eigenvalue weighted by Crippen LogP contribution is 2.15. The molecule has 0 unspecified atom stereocenters. The van der Waals surface area contributed by atoms with Crippen molar-refractivity contribution in [3.05, 3.63) is 54.4 Å². The number of benzene rings is 1.